The predicted octanol–water partition coefficient (Wildman–Crippen LogP) is 3.10. The largest absolute Gasteiger partial charge is 0.506 e. The zero-order valence-electron chi connectivity index (χ0n) is 12.9. The van der Waals surface area contributed by atoms with Crippen molar-refractivity contribution >= 4 is 11.2 Å². The van der Waals surface area contributed by atoms with Crippen LogP contribution in [0.1, 0.15) is 18.7 Å². The number of rotatable bonds is 3. The highest BCUT2D eigenvalue weighted by atomic mass is 16.5. The van der Waals surface area contributed by atoms with Crippen LogP contribution in [0.15, 0.2) is 42.6 Å². The van der Waals surface area contributed by atoms with Crippen LogP contribution < -0.4 is 0 Å². The van der Waals surface area contributed by atoms with E-state index in [0.29, 0.717) is 5.92 Å². The number of phenols is 1. The summed E-state index contributed by atoms with van der Waals surface area (Å²) in [7, 11) is 0. The second kappa shape index (κ2) is 6.01. The fourth-order valence-corrected chi connectivity index (χ4v) is 3.23. The van der Waals surface area contributed by atoms with Crippen molar-refractivity contribution in [2.24, 2.45) is 5.92 Å². The van der Waals surface area contributed by atoms with E-state index in [-0.39, 0.29) is 5.75 Å². The standard InChI is InChI=1S/C18H19N3O2/c22-16-8-2-1-7-15(16)21-17(11-13-5-4-10-23-12-13)20-14-6-3-9-19-18(14)21/h1-3,6-9,13,22H,4-5,10-12H2. The molecule has 4 rings (SSSR count). The van der Waals surface area contributed by atoms with E-state index in [0.717, 1.165) is 55.2 Å². The van der Waals surface area contributed by atoms with E-state index in [2.05, 4.69) is 4.98 Å². The number of fused-ring (bicyclic) bond motifs is 1. The van der Waals surface area contributed by atoms with Crippen molar-refractivity contribution in [2.45, 2.75) is 19.3 Å². The highest BCUT2D eigenvalue weighted by Crippen LogP contribution is 2.28. The third-order valence-electron chi connectivity index (χ3n) is 4.33. The number of aromatic nitrogens is 3. The highest BCUT2D eigenvalue weighted by Gasteiger charge is 2.21. The van der Waals surface area contributed by atoms with Crippen LogP contribution in [-0.4, -0.2) is 32.9 Å². The third kappa shape index (κ3) is 2.68. The molecule has 0 radical (unpaired) electrons. The molecule has 1 fully saturated rings. The molecular weight excluding hydrogens is 290 g/mol. The minimum Gasteiger partial charge on any atom is -0.506 e. The summed E-state index contributed by atoms with van der Waals surface area (Å²) in [6, 6.07) is 11.2. The second-order valence-corrected chi connectivity index (χ2v) is 5.99. The number of hydrogen-bond acceptors (Lipinski definition) is 4. The Morgan fingerprint density at radius 2 is 2.13 bits per heavy atom. The van der Waals surface area contributed by atoms with E-state index >= 15 is 0 Å². The van der Waals surface area contributed by atoms with Gasteiger partial charge in [-0.25, -0.2) is 9.97 Å². The van der Waals surface area contributed by atoms with Gasteiger partial charge in [0.25, 0.3) is 0 Å². The molecule has 0 amide bonds. The molecular formula is C18H19N3O2. The van der Waals surface area contributed by atoms with Crippen molar-refractivity contribution in [3.05, 3.63) is 48.4 Å². The van der Waals surface area contributed by atoms with Crippen LogP contribution in [0.25, 0.3) is 16.9 Å². The number of para-hydroxylation sites is 2. The van der Waals surface area contributed by atoms with Gasteiger partial charge < -0.3 is 9.84 Å². The summed E-state index contributed by atoms with van der Waals surface area (Å²) in [6.07, 6.45) is 4.83. The van der Waals surface area contributed by atoms with E-state index in [1.54, 1.807) is 12.3 Å². The Bertz CT molecular complexity index is 822. The van der Waals surface area contributed by atoms with E-state index in [9.17, 15) is 5.11 Å². The van der Waals surface area contributed by atoms with Gasteiger partial charge in [0.1, 0.15) is 17.1 Å². The Kier molecular flexibility index (Phi) is 3.71. The number of nitrogens with zero attached hydrogens (tertiary/aromatic N) is 3. The van der Waals surface area contributed by atoms with Gasteiger partial charge in [-0.3, -0.25) is 4.57 Å². The van der Waals surface area contributed by atoms with E-state index in [1.807, 2.05) is 34.9 Å². The summed E-state index contributed by atoms with van der Waals surface area (Å²) in [5.41, 5.74) is 2.35. The Morgan fingerprint density at radius 3 is 2.96 bits per heavy atom. The Morgan fingerprint density at radius 1 is 1.22 bits per heavy atom. The quantitative estimate of drug-likeness (QED) is 0.807. The van der Waals surface area contributed by atoms with Crippen molar-refractivity contribution < 1.29 is 9.84 Å². The number of aromatic hydroxyl groups is 1. The maximum atomic E-state index is 10.3. The fourth-order valence-electron chi connectivity index (χ4n) is 3.23. The first kappa shape index (κ1) is 14.2. The van der Waals surface area contributed by atoms with E-state index in [1.165, 1.54) is 0 Å². The SMILES string of the molecule is Oc1ccccc1-n1c(CC2CCCOC2)nc2cccnc21. The van der Waals surface area contributed by atoms with Crippen LogP contribution in [-0.2, 0) is 11.2 Å². The van der Waals surface area contributed by atoms with Gasteiger partial charge in [0.15, 0.2) is 5.65 Å². The number of benzene rings is 1. The van der Waals surface area contributed by atoms with Crippen LogP contribution in [0.5, 0.6) is 5.75 Å². The van der Waals surface area contributed by atoms with Gasteiger partial charge in [-0.1, -0.05) is 12.1 Å². The lowest BCUT2D eigenvalue weighted by molar-refractivity contribution is 0.0542. The number of phenolic OH excluding ortho intramolecular Hbond substituents is 1. The third-order valence-corrected chi connectivity index (χ3v) is 4.33. The topological polar surface area (TPSA) is 60.2 Å². The van der Waals surface area contributed by atoms with Crippen LogP contribution in [0.4, 0.5) is 0 Å². The van der Waals surface area contributed by atoms with E-state index < -0.39 is 0 Å². The number of hydrogen-bond donors (Lipinski definition) is 1. The van der Waals surface area contributed by atoms with Gasteiger partial charge in [0, 0.05) is 25.8 Å². The zero-order valence-corrected chi connectivity index (χ0v) is 12.9. The molecule has 1 atom stereocenters. The van der Waals surface area contributed by atoms with Crippen molar-refractivity contribution in [1.29, 1.82) is 0 Å². The normalized spacial score (nSPS) is 18.3. The average molecular weight is 309 g/mol. The summed E-state index contributed by atoms with van der Waals surface area (Å²) in [4.78, 5) is 9.23. The maximum Gasteiger partial charge on any atom is 0.164 e. The number of ether oxygens (including phenoxy) is 1. The van der Waals surface area contributed by atoms with Crippen molar-refractivity contribution in [3.63, 3.8) is 0 Å². The molecule has 23 heavy (non-hydrogen) atoms. The molecule has 1 N–H and O–H groups in total. The van der Waals surface area contributed by atoms with Gasteiger partial charge in [0.05, 0.1) is 5.69 Å². The van der Waals surface area contributed by atoms with Crippen molar-refractivity contribution in [2.75, 3.05) is 13.2 Å². The lowest BCUT2D eigenvalue weighted by Crippen LogP contribution is -2.20. The Labute approximate surface area is 134 Å². The molecule has 1 aromatic carbocycles. The Balaban J connectivity index is 1.83. The maximum absolute atomic E-state index is 10.3. The van der Waals surface area contributed by atoms with Gasteiger partial charge >= 0.3 is 0 Å². The molecule has 1 unspecified atom stereocenters. The summed E-state index contributed by atoms with van der Waals surface area (Å²) in [6.45, 7) is 1.63. The molecule has 0 aliphatic carbocycles. The minimum atomic E-state index is 0.235. The molecule has 118 valence electrons. The molecule has 5 heteroatoms. The lowest BCUT2D eigenvalue weighted by Gasteiger charge is -2.22. The number of imidazole rings is 1. The van der Waals surface area contributed by atoms with Crippen LogP contribution in [0.2, 0.25) is 0 Å². The summed E-state index contributed by atoms with van der Waals surface area (Å²) in [5, 5.41) is 10.3. The Hall–Kier alpha value is -2.40. The summed E-state index contributed by atoms with van der Waals surface area (Å²) in [5.74, 6) is 1.62. The van der Waals surface area contributed by atoms with Crippen molar-refractivity contribution in [3.8, 4) is 11.4 Å². The van der Waals surface area contributed by atoms with Gasteiger partial charge in [-0.15, -0.1) is 0 Å². The van der Waals surface area contributed by atoms with Crippen LogP contribution in [0.3, 0.4) is 0 Å². The fraction of sp³-hybridized carbons (Fsp3) is 0.333. The zero-order chi connectivity index (χ0) is 15.6. The monoisotopic (exact) mass is 309 g/mol. The first-order chi connectivity index (χ1) is 11.3. The molecule has 0 bridgehead atoms. The van der Waals surface area contributed by atoms with Crippen LogP contribution in [0, 0.1) is 5.92 Å². The molecule has 0 saturated carbocycles. The first-order valence-corrected chi connectivity index (χ1v) is 8.01. The van der Waals surface area contributed by atoms with Gasteiger partial charge in [0.2, 0.25) is 0 Å². The minimum absolute atomic E-state index is 0.235. The second-order valence-electron chi connectivity index (χ2n) is 5.99. The number of pyridine rings is 1. The predicted molar refractivity (Wildman–Crippen MR) is 87.8 cm³/mol. The molecule has 1 aliphatic rings. The summed E-state index contributed by atoms with van der Waals surface area (Å²) < 4.78 is 7.57. The van der Waals surface area contributed by atoms with E-state index in [4.69, 9.17) is 9.72 Å². The van der Waals surface area contributed by atoms with Crippen molar-refractivity contribution in [1.82, 2.24) is 14.5 Å². The average Bonchev–Trinajstić information content (AvgIpc) is 2.94. The molecule has 3 aromatic rings. The molecule has 1 aliphatic heterocycles. The van der Waals surface area contributed by atoms with Gasteiger partial charge in [-0.2, -0.15) is 0 Å². The molecule has 5 nitrogen and oxygen atoms in total. The lowest BCUT2D eigenvalue weighted by atomic mass is 9.98. The van der Waals surface area contributed by atoms with Crippen LogP contribution >= 0.6 is 0 Å². The smallest absolute Gasteiger partial charge is 0.164 e. The molecule has 0 spiro atoms. The molecule has 1 saturated heterocycles. The summed E-state index contributed by atoms with van der Waals surface area (Å²) >= 11 is 0. The molecule has 3 heterocycles. The highest BCUT2D eigenvalue weighted by molar-refractivity contribution is 5.74. The van der Waals surface area contributed by atoms with Gasteiger partial charge in [-0.05, 0) is 43.0 Å². The molecule has 2 aromatic heterocycles. The first-order valence-electron chi connectivity index (χ1n) is 8.01.